The summed E-state index contributed by atoms with van der Waals surface area (Å²) in [7, 11) is 0. The van der Waals surface area contributed by atoms with Gasteiger partial charge in [-0.1, -0.05) is 30.3 Å². The predicted molar refractivity (Wildman–Crippen MR) is 58.2 cm³/mol. The molecule has 0 saturated carbocycles. The van der Waals surface area contributed by atoms with Crippen LogP contribution in [0.1, 0.15) is 18.4 Å². The highest BCUT2D eigenvalue weighted by Gasteiger charge is 1.91. The summed E-state index contributed by atoms with van der Waals surface area (Å²) < 4.78 is 11.7. The van der Waals surface area contributed by atoms with Crippen molar-refractivity contribution in [3.63, 3.8) is 0 Å². The van der Waals surface area contributed by atoms with Crippen molar-refractivity contribution in [1.82, 2.24) is 5.32 Å². The van der Waals surface area contributed by atoms with Crippen LogP contribution in [-0.4, -0.2) is 19.8 Å². The van der Waals surface area contributed by atoms with E-state index in [0.29, 0.717) is 6.42 Å². The highest BCUT2D eigenvalue weighted by atomic mass is 19.1. The molecule has 0 bridgehead atoms. The van der Waals surface area contributed by atoms with E-state index in [0.717, 1.165) is 25.9 Å². The van der Waals surface area contributed by atoms with Gasteiger partial charge >= 0.3 is 0 Å². The topological polar surface area (TPSA) is 12.0 Å². The number of hydrogen-bond donors (Lipinski definition) is 1. The fourth-order valence-electron chi connectivity index (χ4n) is 1.38. The molecule has 0 aromatic heterocycles. The quantitative estimate of drug-likeness (QED) is 0.659. The summed E-state index contributed by atoms with van der Waals surface area (Å²) in [5.41, 5.74) is 1.37. The van der Waals surface area contributed by atoms with Gasteiger partial charge in [0, 0.05) is 0 Å². The van der Waals surface area contributed by atoms with Crippen LogP contribution in [-0.2, 0) is 6.42 Å². The average molecular weight is 195 g/mol. The second-order valence-corrected chi connectivity index (χ2v) is 3.38. The van der Waals surface area contributed by atoms with Gasteiger partial charge in [-0.25, -0.2) is 0 Å². The Balaban J connectivity index is 1.99. The second kappa shape index (κ2) is 7.51. The Bertz CT molecular complexity index is 223. The zero-order valence-electron chi connectivity index (χ0n) is 8.51. The molecule has 0 heterocycles. The summed E-state index contributed by atoms with van der Waals surface area (Å²) in [5, 5.41) is 3.22. The molecule has 1 nitrogen and oxygen atoms in total. The first-order valence-corrected chi connectivity index (χ1v) is 5.24. The molecule has 1 N–H and O–H groups in total. The third-order valence-electron chi connectivity index (χ3n) is 2.15. The van der Waals surface area contributed by atoms with Gasteiger partial charge in [0.2, 0.25) is 0 Å². The van der Waals surface area contributed by atoms with E-state index in [-0.39, 0.29) is 6.67 Å². The van der Waals surface area contributed by atoms with Crippen LogP contribution in [0.3, 0.4) is 0 Å². The third-order valence-corrected chi connectivity index (χ3v) is 2.15. The van der Waals surface area contributed by atoms with E-state index >= 15 is 0 Å². The number of halogens is 1. The van der Waals surface area contributed by atoms with E-state index in [2.05, 4.69) is 29.6 Å². The van der Waals surface area contributed by atoms with Gasteiger partial charge in [0.05, 0.1) is 6.67 Å². The molecule has 1 rings (SSSR count). The van der Waals surface area contributed by atoms with Gasteiger partial charge in [-0.15, -0.1) is 0 Å². The zero-order valence-corrected chi connectivity index (χ0v) is 8.51. The standard InChI is InChI=1S/C12H18FN/c13-9-5-11-14-10-4-8-12-6-2-1-3-7-12/h1-3,6-7,14H,4-5,8-11H2. The average Bonchev–Trinajstić information content (AvgIpc) is 2.25. The van der Waals surface area contributed by atoms with Crippen LogP contribution in [0.2, 0.25) is 0 Å². The molecule has 14 heavy (non-hydrogen) atoms. The minimum atomic E-state index is -0.217. The summed E-state index contributed by atoms with van der Waals surface area (Å²) in [6.45, 7) is 1.56. The van der Waals surface area contributed by atoms with E-state index in [9.17, 15) is 4.39 Å². The van der Waals surface area contributed by atoms with Gasteiger partial charge in [0.25, 0.3) is 0 Å². The minimum Gasteiger partial charge on any atom is -0.317 e. The van der Waals surface area contributed by atoms with Crippen molar-refractivity contribution >= 4 is 0 Å². The Morgan fingerprint density at radius 1 is 1.00 bits per heavy atom. The van der Waals surface area contributed by atoms with E-state index in [1.54, 1.807) is 0 Å². The first-order chi connectivity index (χ1) is 6.93. The van der Waals surface area contributed by atoms with Crippen molar-refractivity contribution in [2.24, 2.45) is 0 Å². The molecular weight excluding hydrogens is 177 g/mol. The highest BCUT2D eigenvalue weighted by Crippen LogP contribution is 2.01. The van der Waals surface area contributed by atoms with Crippen molar-refractivity contribution in [3.05, 3.63) is 35.9 Å². The fourth-order valence-corrected chi connectivity index (χ4v) is 1.38. The van der Waals surface area contributed by atoms with Gasteiger partial charge in [-0.05, 0) is 37.9 Å². The Morgan fingerprint density at radius 3 is 2.43 bits per heavy atom. The molecule has 0 amide bonds. The van der Waals surface area contributed by atoms with Crippen molar-refractivity contribution in [2.75, 3.05) is 19.8 Å². The lowest BCUT2D eigenvalue weighted by atomic mass is 10.1. The monoisotopic (exact) mass is 195 g/mol. The Morgan fingerprint density at radius 2 is 1.71 bits per heavy atom. The van der Waals surface area contributed by atoms with Gasteiger partial charge in [-0.3, -0.25) is 4.39 Å². The fraction of sp³-hybridized carbons (Fsp3) is 0.500. The Labute approximate surface area is 85.3 Å². The van der Waals surface area contributed by atoms with Crippen LogP contribution in [0.5, 0.6) is 0 Å². The van der Waals surface area contributed by atoms with E-state index < -0.39 is 0 Å². The molecule has 0 spiro atoms. The number of hydrogen-bond acceptors (Lipinski definition) is 1. The summed E-state index contributed by atoms with van der Waals surface area (Å²) in [6.07, 6.45) is 2.85. The molecule has 0 radical (unpaired) electrons. The van der Waals surface area contributed by atoms with Crippen LogP contribution in [0.25, 0.3) is 0 Å². The Hall–Kier alpha value is -0.890. The molecule has 78 valence electrons. The molecule has 0 aliphatic carbocycles. The molecule has 1 aromatic rings. The summed E-state index contributed by atoms with van der Waals surface area (Å²) in [4.78, 5) is 0. The van der Waals surface area contributed by atoms with Crippen LogP contribution in [0.4, 0.5) is 4.39 Å². The van der Waals surface area contributed by atoms with Crippen molar-refractivity contribution in [2.45, 2.75) is 19.3 Å². The Kier molecular flexibility index (Phi) is 6.00. The van der Waals surface area contributed by atoms with Gasteiger partial charge in [-0.2, -0.15) is 0 Å². The van der Waals surface area contributed by atoms with Crippen LogP contribution < -0.4 is 5.32 Å². The maximum Gasteiger partial charge on any atom is 0.0906 e. The first kappa shape index (κ1) is 11.2. The lowest BCUT2D eigenvalue weighted by Gasteiger charge is -2.03. The molecule has 0 aliphatic rings. The van der Waals surface area contributed by atoms with Crippen LogP contribution in [0, 0.1) is 0 Å². The lowest BCUT2D eigenvalue weighted by molar-refractivity contribution is 0.458. The molecular formula is C12H18FN. The van der Waals surface area contributed by atoms with Crippen molar-refractivity contribution in [1.29, 1.82) is 0 Å². The predicted octanol–water partition coefficient (Wildman–Crippen LogP) is 2.57. The van der Waals surface area contributed by atoms with Crippen molar-refractivity contribution in [3.8, 4) is 0 Å². The van der Waals surface area contributed by atoms with Crippen molar-refractivity contribution < 1.29 is 4.39 Å². The van der Waals surface area contributed by atoms with Gasteiger partial charge in [0.15, 0.2) is 0 Å². The van der Waals surface area contributed by atoms with E-state index in [1.807, 2.05) is 6.07 Å². The third kappa shape index (κ3) is 4.97. The van der Waals surface area contributed by atoms with Gasteiger partial charge in [0.1, 0.15) is 0 Å². The number of nitrogens with one attached hydrogen (secondary N) is 1. The first-order valence-electron chi connectivity index (χ1n) is 5.24. The number of alkyl halides is 1. The molecule has 0 atom stereocenters. The number of benzene rings is 1. The summed E-state index contributed by atoms with van der Waals surface area (Å²) in [5.74, 6) is 0. The molecule has 0 unspecified atom stereocenters. The largest absolute Gasteiger partial charge is 0.317 e. The minimum absolute atomic E-state index is 0.217. The molecule has 0 aliphatic heterocycles. The normalized spacial score (nSPS) is 10.4. The maximum atomic E-state index is 11.7. The van der Waals surface area contributed by atoms with E-state index in [4.69, 9.17) is 0 Å². The second-order valence-electron chi connectivity index (χ2n) is 3.38. The molecule has 1 aromatic carbocycles. The lowest BCUT2D eigenvalue weighted by Crippen LogP contribution is -2.17. The smallest absolute Gasteiger partial charge is 0.0906 e. The maximum absolute atomic E-state index is 11.7. The van der Waals surface area contributed by atoms with Crippen LogP contribution >= 0.6 is 0 Å². The van der Waals surface area contributed by atoms with E-state index in [1.165, 1.54) is 5.56 Å². The SMILES string of the molecule is FCCCNCCCc1ccccc1. The summed E-state index contributed by atoms with van der Waals surface area (Å²) in [6, 6.07) is 10.4. The number of rotatable bonds is 7. The number of aryl methyl sites for hydroxylation is 1. The van der Waals surface area contributed by atoms with Crippen LogP contribution in [0.15, 0.2) is 30.3 Å². The molecule has 0 saturated heterocycles. The molecule has 2 heteroatoms. The molecule has 0 fully saturated rings. The highest BCUT2D eigenvalue weighted by molar-refractivity contribution is 5.14. The zero-order chi connectivity index (χ0) is 10.1. The summed E-state index contributed by atoms with van der Waals surface area (Å²) >= 11 is 0. The van der Waals surface area contributed by atoms with Gasteiger partial charge < -0.3 is 5.32 Å².